The molecule has 0 aliphatic heterocycles. The van der Waals surface area contributed by atoms with Gasteiger partial charge in [0.2, 0.25) is 23.6 Å². The molecular weight excluding hydrogens is 442 g/mol. The van der Waals surface area contributed by atoms with Gasteiger partial charge in [-0.25, -0.2) is 4.79 Å². The topological polar surface area (TPSA) is 214 Å². The highest BCUT2D eigenvalue weighted by atomic mass is 32.2. The second-order valence-electron chi connectivity index (χ2n) is 7.55. The number of carbonyl (C=O) groups is 5. The summed E-state index contributed by atoms with van der Waals surface area (Å²) in [6, 6.07) is -5.04. The van der Waals surface area contributed by atoms with E-state index in [1.165, 1.54) is 18.7 Å². The molecule has 12 nitrogen and oxygen atoms in total. The van der Waals surface area contributed by atoms with Crippen molar-refractivity contribution in [1.29, 1.82) is 0 Å². The van der Waals surface area contributed by atoms with Crippen molar-refractivity contribution >= 4 is 41.4 Å². The first kappa shape index (κ1) is 29.6. The second-order valence-corrected chi connectivity index (χ2v) is 8.54. The van der Waals surface area contributed by atoms with Gasteiger partial charge in [-0.1, -0.05) is 20.3 Å². The standard InChI is InChI=1S/C19H35N5O7S/c1-5-9(2)15(19(30)31)24-16(27)11(6-7-32-4)22-17(28)12(8-13(20)26)23-18(29)14(21)10(3)25/h9-12,14-15,25H,5-8,21H2,1-4H3,(H2,20,26)(H,22,28)(H,23,29)(H,24,27)(H,30,31). The number of rotatable bonds is 15. The van der Waals surface area contributed by atoms with Gasteiger partial charge in [-0.3, -0.25) is 19.2 Å². The van der Waals surface area contributed by atoms with Crippen LogP contribution in [0.3, 0.4) is 0 Å². The molecule has 13 heteroatoms. The van der Waals surface area contributed by atoms with E-state index in [1.807, 2.05) is 0 Å². The van der Waals surface area contributed by atoms with E-state index >= 15 is 0 Å². The Bertz CT molecular complexity index is 676. The van der Waals surface area contributed by atoms with Gasteiger partial charge in [0.05, 0.1) is 12.5 Å². The van der Waals surface area contributed by atoms with Crippen LogP contribution >= 0.6 is 11.8 Å². The number of aliphatic hydroxyl groups is 1. The molecule has 0 aromatic rings. The monoisotopic (exact) mass is 477 g/mol. The average Bonchev–Trinajstić information content (AvgIpc) is 2.71. The first-order valence-corrected chi connectivity index (χ1v) is 11.6. The number of nitrogens with one attached hydrogen (secondary N) is 3. The van der Waals surface area contributed by atoms with Gasteiger partial charge in [0.1, 0.15) is 24.2 Å². The Morgan fingerprint density at radius 3 is 1.94 bits per heavy atom. The van der Waals surface area contributed by atoms with E-state index in [-0.39, 0.29) is 12.3 Å². The van der Waals surface area contributed by atoms with Crippen molar-refractivity contribution in [3.8, 4) is 0 Å². The summed E-state index contributed by atoms with van der Waals surface area (Å²) < 4.78 is 0. The minimum atomic E-state index is -1.43. The van der Waals surface area contributed by atoms with E-state index in [0.29, 0.717) is 12.2 Å². The number of primary amides is 1. The van der Waals surface area contributed by atoms with E-state index in [9.17, 15) is 34.2 Å². The number of aliphatic carboxylic acids is 1. The largest absolute Gasteiger partial charge is 0.480 e. The smallest absolute Gasteiger partial charge is 0.326 e. The molecular formula is C19H35N5O7S. The van der Waals surface area contributed by atoms with Gasteiger partial charge >= 0.3 is 5.97 Å². The first-order chi connectivity index (χ1) is 14.8. The van der Waals surface area contributed by atoms with Crippen LogP contribution in [0.1, 0.15) is 40.0 Å². The van der Waals surface area contributed by atoms with Crippen molar-refractivity contribution in [2.75, 3.05) is 12.0 Å². The number of amides is 4. The Morgan fingerprint density at radius 1 is 0.969 bits per heavy atom. The Morgan fingerprint density at radius 2 is 1.50 bits per heavy atom. The molecule has 0 aromatic heterocycles. The Balaban J connectivity index is 5.53. The molecule has 0 rings (SSSR count). The molecule has 32 heavy (non-hydrogen) atoms. The molecule has 0 heterocycles. The maximum absolute atomic E-state index is 12.8. The van der Waals surface area contributed by atoms with Crippen molar-refractivity contribution in [2.24, 2.45) is 17.4 Å². The van der Waals surface area contributed by atoms with E-state index in [4.69, 9.17) is 11.5 Å². The van der Waals surface area contributed by atoms with Crippen LogP contribution in [0.25, 0.3) is 0 Å². The molecule has 9 N–H and O–H groups in total. The van der Waals surface area contributed by atoms with Crippen LogP contribution in [0.5, 0.6) is 0 Å². The molecule has 0 aliphatic rings. The van der Waals surface area contributed by atoms with E-state index in [0.717, 1.165) is 0 Å². The van der Waals surface area contributed by atoms with E-state index < -0.39 is 66.3 Å². The summed E-state index contributed by atoms with van der Waals surface area (Å²) >= 11 is 1.41. The van der Waals surface area contributed by atoms with Crippen molar-refractivity contribution in [2.45, 2.75) is 70.3 Å². The van der Waals surface area contributed by atoms with Crippen molar-refractivity contribution < 1.29 is 34.2 Å². The highest BCUT2D eigenvalue weighted by Gasteiger charge is 2.32. The molecule has 6 atom stereocenters. The van der Waals surface area contributed by atoms with Crippen LogP contribution in [0.4, 0.5) is 0 Å². The van der Waals surface area contributed by atoms with Gasteiger partial charge in [0, 0.05) is 0 Å². The predicted molar refractivity (Wildman–Crippen MR) is 119 cm³/mol. The van der Waals surface area contributed by atoms with Crippen LogP contribution in [-0.2, 0) is 24.0 Å². The highest BCUT2D eigenvalue weighted by Crippen LogP contribution is 2.10. The summed E-state index contributed by atoms with van der Waals surface area (Å²) in [6.45, 7) is 4.75. The fourth-order valence-electron chi connectivity index (χ4n) is 2.61. The molecule has 0 aliphatic carbocycles. The lowest BCUT2D eigenvalue weighted by Crippen LogP contribution is -2.59. The van der Waals surface area contributed by atoms with Crippen LogP contribution in [-0.4, -0.2) is 82.1 Å². The van der Waals surface area contributed by atoms with Crippen LogP contribution in [0, 0.1) is 5.92 Å². The molecule has 0 saturated carbocycles. The first-order valence-electron chi connectivity index (χ1n) is 10.2. The molecule has 0 spiro atoms. The second kappa shape index (κ2) is 14.6. The molecule has 0 fully saturated rings. The zero-order valence-corrected chi connectivity index (χ0v) is 19.6. The Hall–Kier alpha value is -2.38. The highest BCUT2D eigenvalue weighted by molar-refractivity contribution is 7.98. The number of hydrogen-bond donors (Lipinski definition) is 7. The van der Waals surface area contributed by atoms with Gasteiger partial charge in [-0.05, 0) is 31.3 Å². The molecule has 0 saturated heterocycles. The van der Waals surface area contributed by atoms with Crippen molar-refractivity contribution in [1.82, 2.24) is 16.0 Å². The predicted octanol–water partition coefficient (Wildman–Crippen LogP) is -2.09. The van der Waals surface area contributed by atoms with Crippen molar-refractivity contribution in [3.05, 3.63) is 0 Å². The fraction of sp³-hybridized carbons (Fsp3) is 0.737. The maximum atomic E-state index is 12.8. The minimum absolute atomic E-state index is 0.177. The molecule has 0 aromatic carbocycles. The number of carbonyl (C=O) groups excluding carboxylic acids is 4. The summed E-state index contributed by atoms with van der Waals surface area (Å²) in [4.78, 5) is 60.5. The minimum Gasteiger partial charge on any atom is -0.480 e. The summed E-state index contributed by atoms with van der Waals surface area (Å²) in [6.07, 6.45) is 0.710. The summed E-state index contributed by atoms with van der Waals surface area (Å²) in [5, 5.41) is 26.0. The van der Waals surface area contributed by atoms with Gasteiger partial charge < -0.3 is 37.6 Å². The summed E-state index contributed by atoms with van der Waals surface area (Å²) in [5.74, 6) is -4.42. The third-order valence-electron chi connectivity index (χ3n) is 4.88. The Labute approximate surface area is 191 Å². The molecule has 4 amide bonds. The maximum Gasteiger partial charge on any atom is 0.326 e. The number of carboxylic acids is 1. The summed E-state index contributed by atoms with van der Waals surface area (Å²) in [7, 11) is 0. The fourth-order valence-corrected chi connectivity index (χ4v) is 3.08. The number of nitrogens with two attached hydrogens (primary N) is 2. The quantitative estimate of drug-likeness (QED) is 0.137. The third kappa shape index (κ3) is 10.3. The van der Waals surface area contributed by atoms with E-state index in [1.54, 1.807) is 20.1 Å². The Kier molecular flexibility index (Phi) is 13.5. The van der Waals surface area contributed by atoms with Gasteiger partial charge in [0.15, 0.2) is 0 Å². The van der Waals surface area contributed by atoms with E-state index in [2.05, 4.69) is 16.0 Å². The SMILES string of the molecule is CCC(C)C(NC(=O)C(CCSC)NC(=O)C(CC(N)=O)NC(=O)C(N)C(C)O)C(=O)O. The summed E-state index contributed by atoms with van der Waals surface area (Å²) in [5.41, 5.74) is 10.7. The van der Waals surface area contributed by atoms with Crippen LogP contribution < -0.4 is 27.4 Å². The lowest BCUT2D eigenvalue weighted by molar-refractivity contribution is -0.144. The number of aliphatic hydroxyl groups excluding tert-OH is 1. The molecule has 184 valence electrons. The lowest BCUT2D eigenvalue weighted by atomic mass is 9.98. The van der Waals surface area contributed by atoms with Crippen LogP contribution in [0.2, 0.25) is 0 Å². The van der Waals surface area contributed by atoms with Gasteiger partial charge in [-0.15, -0.1) is 0 Å². The van der Waals surface area contributed by atoms with Gasteiger partial charge in [-0.2, -0.15) is 11.8 Å². The normalized spacial score (nSPS) is 16.6. The zero-order valence-electron chi connectivity index (χ0n) is 18.8. The lowest BCUT2D eigenvalue weighted by Gasteiger charge is -2.26. The van der Waals surface area contributed by atoms with Gasteiger partial charge in [0.25, 0.3) is 0 Å². The number of carboxylic acid groups (broad SMARTS) is 1. The number of hydrogen-bond acceptors (Lipinski definition) is 8. The third-order valence-corrected chi connectivity index (χ3v) is 5.53. The molecule has 6 unspecified atom stereocenters. The average molecular weight is 478 g/mol. The van der Waals surface area contributed by atoms with Crippen molar-refractivity contribution in [3.63, 3.8) is 0 Å². The zero-order chi connectivity index (χ0) is 25.0. The molecule has 0 radical (unpaired) electrons. The number of thioether (sulfide) groups is 1. The van der Waals surface area contributed by atoms with Crippen LogP contribution in [0.15, 0.2) is 0 Å². The molecule has 0 bridgehead atoms.